The molecule has 0 atom stereocenters. The van der Waals surface area contributed by atoms with Crippen LogP contribution in [0.2, 0.25) is 0 Å². The Morgan fingerprint density at radius 1 is 0.875 bits per heavy atom. The molecular formula is C24H21N5O3. The lowest BCUT2D eigenvalue weighted by atomic mass is 10.1. The molecule has 32 heavy (non-hydrogen) atoms. The highest BCUT2D eigenvalue weighted by Gasteiger charge is 2.19. The monoisotopic (exact) mass is 427 g/mol. The summed E-state index contributed by atoms with van der Waals surface area (Å²) < 4.78 is 6.85. The molecule has 160 valence electrons. The fourth-order valence-electron chi connectivity index (χ4n) is 3.18. The third-order valence-corrected chi connectivity index (χ3v) is 4.70. The molecule has 0 bridgehead atoms. The highest BCUT2D eigenvalue weighted by molar-refractivity contribution is 5.92. The Balaban J connectivity index is 1.51. The largest absolute Gasteiger partial charge is 0.496 e. The lowest BCUT2D eigenvalue weighted by Gasteiger charge is -2.09. The maximum absolute atomic E-state index is 12.7. The van der Waals surface area contributed by atoms with Gasteiger partial charge in [0.25, 0.3) is 0 Å². The fraction of sp³-hybridized carbons (Fsp3) is 0.0833. The van der Waals surface area contributed by atoms with Gasteiger partial charge >= 0.3 is 5.91 Å². The maximum Gasteiger partial charge on any atom is 0.309 e. The topological polar surface area (TPSA) is 98.1 Å². The Kier molecular flexibility index (Phi) is 6.22. The molecule has 0 saturated heterocycles. The van der Waals surface area contributed by atoms with Crippen LogP contribution in [0.1, 0.15) is 16.2 Å². The van der Waals surface area contributed by atoms with Crippen molar-refractivity contribution >= 4 is 11.8 Å². The summed E-state index contributed by atoms with van der Waals surface area (Å²) in [5, 5.41) is 4.37. The molecule has 0 aliphatic carbocycles. The van der Waals surface area contributed by atoms with Crippen LogP contribution in [0, 0.1) is 0 Å². The summed E-state index contributed by atoms with van der Waals surface area (Å²) in [5.74, 6) is 0.0382. The average Bonchev–Trinajstić information content (AvgIpc) is 3.30. The van der Waals surface area contributed by atoms with E-state index in [2.05, 4.69) is 20.9 Å². The number of carbonyl (C=O) groups is 2. The van der Waals surface area contributed by atoms with Gasteiger partial charge in [0, 0.05) is 11.1 Å². The van der Waals surface area contributed by atoms with Gasteiger partial charge in [-0.2, -0.15) is 0 Å². The standard InChI is InChI=1S/C24H21N5O3/c1-32-20-15-9-8-12-18(20)16-21(30)26-27-24(31)22-25-23(17-10-4-2-5-11-17)29(28-22)19-13-6-3-7-14-19/h2-15H,16H2,1H3,(H,26,30)(H,27,31). The van der Waals surface area contributed by atoms with Crippen molar-refractivity contribution in [3.05, 3.63) is 96.3 Å². The molecule has 2 amide bonds. The minimum absolute atomic E-state index is 0.0471. The van der Waals surface area contributed by atoms with E-state index in [-0.39, 0.29) is 12.2 Å². The number of hydrazine groups is 1. The number of carbonyl (C=O) groups excluding carboxylic acids is 2. The second-order valence-corrected chi connectivity index (χ2v) is 6.86. The van der Waals surface area contributed by atoms with E-state index in [4.69, 9.17) is 4.74 Å². The van der Waals surface area contributed by atoms with E-state index in [1.54, 1.807) is 16.8 Å². The van der Waals surface area contributed by atoms with Gasteiger partial charge in [0.05, 0.1) is 19.2 Å². The van der Waals surface area contributed by atoms with Gasteiger partial charge in [0.2, 0.25) is 11.7 Å². The number of nitrogens with zero attached hydrogens (tertiary/aromatic N) is 3. The number of nitrogens with one attached hydrogen (secondary N) is 2. The number of methoxy groups -OCH3 is 1. The van der Waals surface area contributed by atoms with E-state index in [0.717, 1.165) is 11.3 Å². The number of hydrogen-bond acceptors (Lipinski definition) is 5. The second kappa shape index (κ2) is 9.57. The fourth-order valence-corrected chi connectivity index (χ4v) is 3.18. The maximum atomic E-state index is 12.7. The summed E-state index contributed by atoms with van der Waals surface area (Å²) in [6, 6.07) is 26.0. The number of rotatable bonds is 6. The van der Waals surface area contributed by atoms with Crippen molar-refractivity contribution in [3.63, 3.8) is 0 Å². The number of para-hydroxylation sites is 2. The molecule has 0 radical (unpaired) electrons. The first-order valence-electron chi connectivity index (χ1n) is 9.94. The van der Waals surface area contributed by atoms with Gasteiger partial charge in [0.1, 0.15) is 5.75 Å². The van der Waals surface area contributed by atoms with Crippen LogP contribution < -0.4 is 15.6 Å². The summed E-state index contributed by atoms with van der Waals surface area (Å²) in [7, 11) is 1.54. The molecule has 0 aliphatic heterocycles. The van der Waals surface area contributed by atoms with E-state index >= 15 is 0 Å². The zero-order valence-electron chi connectivity index (χ0n) is 17.4. The highest BCUT2D eigenvalue weighted by atomic mass is 16.5. The van der Waals surface area contributed by atoms with Crippen molar-refractivity contribution < 1.29 is 14.3 Å². The molecule has 0 saturated carbocycles. The summed E-state index contributed by atoms with van der Waals surface area (Å²) in [5.41, 5.74) is 7.07. The molecule has 1 aromatic heterocycles. The smallest absolute Gasteiger partial charge is 0.309 e. The van der Waals surface area contributed by atoms with Crippen molar-refractivity contribution in [2.45, 2.75) is 6.42 Å². The number of amides is 2. The van der Waals surface area contributed by atoms with Crippen molar-refractivity contribution in [3.8, 4) is 22.8 Å². The van der Waals surface area contributed by atoms with Gasteiger partial charge < -0.3 is 4.74 Å². The highest BCUT2D eigenvalue weighted by Crippen LogP contribution is 2.21. The molecule has 4 aromatic rings. The van der Waals surface area contributed by atoms with Gasteiger partial charge in [-0.05, 0) is 18.2 Å². The van der Waals surface area contributed by atoms with Gasteiger partial charge in [-0.15, -0.1) is 5.10 Å². The van der Waals surface area contributed by atoms with Crippen molar-refractivity contribution in [1.82, 2.24) is 25.6 Å². The Bertz CT molecular complexity index is 1170. The van der Waals surface area contributed by atoms with Crippen LogP contribution in [0.4, 0.5) is 0 Å². The Hall–Kier alpha value is -4.46. The molecule has 2 N–H and O–H groups in total. The molecule has 1 heterocycles. The number of benzene rings is 3. The van der Waals surface area contributed by atoms with Gasteiger partial charge in [-0.1, -0.05) is 66.7 Å². The Morgan fingerprint density at radius 3 is 2.25 bits per heavy atom. The van der Waals surface area contributed by atoms with Crippen LogP contribution in [-0.4, -0.2) is 33.7 Å². The molecule has 0 fully saturated rings. The normalized spacial score (nSPS) is 10.4. The lowest BCUT2D eigenvalue weighted by molar-refractivity contribution is -0.121. The Labute approximate surface area is 184 Å². The van der Waals surface area contributed by atoms with E-state index in [1.165, 1.54) is 7.11 Å². The van der Waals surface area contributed by atoms with Crippen LogP contribution in [0.25, 0.3) is 17.1 Å². The molecule has 0 unspecified atom stereocenters. The predicted molar refractivity (Wildman–Crippen MR) is 119 cm³/mol. The van der Waals surface area contributed by atoms with Crippen LogP contribution >= 0.6 is 0 Å². The van der Waals surface area contributed by atoms with E-state index < -0.39 is 11.8 Å². The van der Waals surface area contributed by atoms with Crippen molar-refractivity contribution in [1.29, 1.82) is 0 Å². The summed E-state index contributed by atoms with van der Waals surface area (Å²) in [4.78, 5) is 29.4. The first-order chi connectivity index (χ1) is 15.7. The third kappa shape index (κ3) is 4.65. The molecular weight excluding hydrogens is 406 g/mol. The van der Waals surface area contributed by atoms with Gasteiger partial charge in [-0.25, -0.2) is 9.67 Å². The lowest BCUT2D eigenvalue weighted by Crippen LogP contribution is -2.42. The summed E-state index contributed by atoms with van der Waals surface area (Å²) in [6.45, 7) is 0. The zero-order chi connectivity index (χ0) is 22.3. The van der Waals surface area contributed by atoms with Gasteiger partial charge in [-0.3, -0.25) is 20.4 Å². The number of aromatic nitrogens is 3. The predicted octanol–water partition coefficient (Wildman–Crippen LogP) is 2.95. The number of hydrogen-bond donors (Lipinski definition) is 2. The molecule has 3 aromatic carbocycles. The molecule has 0 spiro atoms. The quantitative estimate of drug-likeness (QED) is 0.461. The molecule has 8 nitrogen and oxygen atoms in total. The van der Waals surface area contributed by atoms with Crippen LogP contribution in [0.5, 0.6) is 5.75 Å². The zero-order valence-corrected chi connectivity index (χ0v) is 17.4. The molecule has 8 heteroatoms. The average molecular weight is 427 g/mol. The SMILES string of the molecule is COc1ccccc1CC(=O)NNC(=O)c1nc(-c2ccccc2)n(-c2ccccc2)n1. The number of ether oxygens (including phenoxy) is 1. The van der Waals surface area contributed by atoms with Crippen LogP contribution in [0.15, 0.2) is 84.9 Å². The van der Waals surface area contributed by atoms with Crippen molar-refractivity contribution in [2.24, 2.45) is 0 Å². The van der Waals surface area contributed by atoms with Crippen molar-refractivity contribution in [2.75, 3.05) is 7.11 Å². The summed E-state index contributed by atoms with van der Waals surface area (Å²) >= 11 is 0. The van der Waals surface area contributed by atoms with Crippen LogP contribution in [0.3, 0.4) is 0 Å². The summed E-state index contributed by atoms with van der Waals surface area (Å²) in [6.07, 6.45) is 0.0471. The van der Waals surface area contributed by atoms with E-state index in [1.807, 2.05) is 72.8 Å². The molecule has 0 aliphatic rings. The van der Waals surface area contributed by atoms with Crippen LogP contribution in [-0.2, 0) is 11.2 Å². The first kappa shape index (κ1) is 20.8. The van der Waals surface area contributed by atoms with Gasteiger partial charge in [0.15, 0.2) is 5.82 Å². The minimum atomic E-state index is -0.620. The van der Waals surface area contributed by atoms with E-state index in [9.17, 15) is 9.59 Å². The van der Waals surface area contributed by atoms with E-state index in [0.29, 0.717) is 17.1 Å². The molecule has 4 rings (SSSR count). The minimum Gasteiger partial charge on any atom is -0.496 e. The Morgan fingerprint density at radius 2 is 1.53 bits per heavy atom. The third-order valence-electron chi connectivity index (χ3n) is 4.70. The second-order valence-electron chi connectivity index (χ2n) is 6.86. The first-order valence-corrected chi connectivity index (χ1v) is 9.94.